The van der Waals surface area contributed by atoms with E-state index in [0.717, 1.165) is 11.3 Å². The molecule has 0 saturated carbocycles. The summed E-state index contributed by atoms with van der Waals surface area (Å²) in [5, 5.41) is 17.0. The number of nitrogens with zero attached hydrogens (tertiary/aromatic N) is 4. The quantitative estimate of drug-likeness (QED) is 0.525. The summed E-state index contributed by atoms with van der Waals surface area (Å²) in [7, 11) is 0. The highest BCUT2D eigenvalue weighted by Gasteiger charge is 2.05. The number of aromatic nitrogens is 6. The third-order valence-electron chi connectivity index (χ3n) is 2.08. The van der Waals surface area contributed by atoms with Crippen molar-refractivity contribution in [3.63, 3.8) is 0 Å². The average molecular weight is 201 g/mol. The standard InChI is InChI=1S/C8H7N7/c9-7-2-5(11-13-7)4-1-6-8(10-3-4)14-15-12-6/h1-3H,(H3,9,11,13)(H,10,12,14,15). The number of fused-ring (bicyclic) bond motifs is 1. The van der Waals surface area contributed by atoms with Crippen LogP contribution in [0.5, 0.6) is 0 Å². The van der Waals surface area contributed by atoms with E-state index in [1.807, 2.05) is 6.07 Å². The Balaban J connectivity index is 2.18. The zero-order valence-electron chi connectivity index (χ0n) is 7.60. The Hall–Kier alpha value is -2.44. The molecule has 7 heteroatoms. The highest BCUT2D eigenvalue weighted by molar-refractivity contribution is 5.76. The van der Waals surface area contributed by atoms with Crippen LogP contribution in [0.2, 0.25) is 0 Å². The van der Waals surface area contributed by atoms with Crippen LogP contribution in [0, 0.1) is 0 Å². The second-order valence-electron chi connectivity index (χ2n) is 3.10. The smallest absolute Gasteiger partial charge is 0.201 e. The SMILES string of the molecule is Nc1cc(-c2cnc3n[nH]nc3c2)[nH]n1. The number of hydrogen-bond donors (Lipinski definition) is 3. The molecular formula is C8H7N7. The number of anilines is 1. The van der Waals surface area contributed by atoms with Gasteiger partial charge < -0.3 is 5.73 Å². The van der Waals surface area contributed by atoms with Crippen LogP contribution in [0.25, 0.3) is 22.4 Å². The number of nitrogens with one attached hydrogen (secondary N) is 2. The van der Waals surface area contributed by atoms with Crippen LogP contribution in [-0.4, -0.2) is 30.6 Å². The van der Waals surface area contributed by atoms with Crippen molar-refractivity contribution in [1.29, 1.82) is 0 Å². The molecule has 3 rings (SSSR count). The Kier molecular flexibility index (Phi) is 1.46. The number of rotatable bonds is 1. The van der Waals surface area contributed by atoms with E-state index in [4.69, 9.17) is 5.73 Å². The van der Waals surface area contributed by atoms with E-state index in [9.17, 15) is 0 Å². The van der Waals surface area contributed by atoms with E-state index < -0.39 is 0 Å². The van der Waals surface area contributed by atoms with Gasteiger partial charge in [0.05, 0.1) is 5.69 Å². The van der Waals surface area contributed by atoms with Crippen molar-refractivity contribution in [1.82, 2.24) is 30.6 Å². The lowest BCUT2D eigenvalue weighted by atomic mass is 10.2. The van der Waals surface area contributed by atoms with Crippen LogP contribution >= 0.6 is 0 Å². The molecule has 0 saturated heterocycles. The van der Waals surface area contributed by atoms with Crippen molar-refractivity contribution in [2.45, 2.75) is 0 Å². The van der Waals surface area contributed by atoms with E-state index in [2.05, 4.69) is 30.6 Å². The van der Waals surface area contributed by atoms with Crippen LogP contribution < -0.4 is 5.73 Å². The molecule has 74 valence electrons. The summed E-state index contributed by atoms with van der Waals surface area (Å²) in [6.07, 6.45) is 1.69. The van der Waals surface area contributed by atoms with Gasteiger partial charge in [-0.05, 0) is 6.07 Å². The van der Waals surface area contributed by atoms with E-state index in [-0.39, 0.29) is 0 Å². The van der Waals surface area contributed by atoms with Gasteiger partial charge in [-0.15, -0.1) is 5.10 Å². The van der Waals surface area contributed by atoms with Gasteiger partial charge in [-0.2, -0.15) is 15.4 Å². The highest BCUT2D eigenvalue weighted by atomic mass is 15.3. The summed E-state index contributed by atoms with van der Waals surface area (Å²) < 4.78 is 0. The van der Waals surface area contributed by atoms with Gasteiger partial charge in [0.1, 0.15) is 11.3 Å². The molecule has 0 aliphatic carbocycles. The molecule has 0 spiro atoms. The Morgan fingerprint density at radius 1 is 1.13 bits per heavy atom. The van der Waals surface area contributed by atoms with Crippen LogP contribution in [0.1, 0.15) is 0 Å². The lowest BCUT2D eigenvalue weighted by Crippen LogP contribution is -1.82. The molecule has 0 unspecified atom stereocenters. The molecule has 3 aromatic rings. The number of nitrogens with two attached hydrogens (primary N) is 1. The molecule has 7 nitrogen and oxygen atoms in total. The fourth-order valence-corrected chi connectivity index (χ4v) is 1.37. The molecule has 3 heterocycles. The molecule has 4 N–H and O–H groups in total. The Bertz CT molecular complexity index is 608. The predicted molar refractivity (Wildman–Crippen MR) is 53.7 cm³/mol. The molecule has 0 atom stereocenters. The third-order valence-corrected chi connectivity index (χ3v) is 2.08. The number of aromatic amines is 2. The summed E-state index contributed by atoms with van der Waals surface area (Å²) in [4.78, 5) is 4.13. The summed E-state index contributed by atoms with van der Waals surface area (Å²) in [5.74, 6) is 0.449. The maximum absolute atomic E-state index is 5.51. The molecule has 0 bridgehead atoms. The second-order valence-corrected chi connectivity index (χ2v) is 3.10. The Labute approximate surface area is 83.7 Å². The Morgan fingerprint density at radius 2 is 2.07 bits per heavy atom. The first-order chi connectivity index (χ1) is 7.33. The van der Waals surface area contributed by atoms with Gasteiger partial charge >= 0.3 is 0 Å². The first kappa shape index (κ1) is 7.92. The Morgan fingerprint density at radius 3 is 2.87 bits per heavy atom. The lowest BCUT2D eigenvalue weighted by molar-refractivity contribution is 0.954. The van der Waals surface area contributed by atoms with Crippen LogP contribution in [0.3, 0.4) is 0 Å². The fraction of sp³-hybridized carbons (Fsp3) is 0. The number of H-pyrrole nitrogens is 2. The monoisotopic (exact) mass is 201 g/mol. The van der Waals surface area contributed by atoms with Crippen LogP contribution in [-0.2, 0) is 0 Å². The van der Waals surface area contributed by atoms with E-state index >= 15 is 0 Å². The van der Waals surface area contributed by atoms with E-state index in [1.165, 1.54) is 0 Å². The van der Waals surface area contributed by atoms with Gasteiger partial charge in [0.2, 0.25) is 5.65 Å². The van der Waals surface area contributed by atoms with Gasteiger partial charge in [0.25, 0.3) is 0 Å². The minimum absolute atomic E-state index is 0.449. The maximum atomic E-state index is 5.51. The average Bonchev–Trinajstić information content (AvgIpc) is 2.84. The topological polar surface area (TPSA) is 109 Å². The molecule has 15 heavy (non-hydrogen) atoms. The van der Waals surface area contributed by atoms with Crippen molar-refractivity contribution in [3.8, 4) is 11.3 Å². The minimum atomic E-state index is 0.449. The zero-order valence-corrected chi connectivity index (χ0v) is 7.60. The van der Waals surface area contributed by atoms with Crippen molar-refractivity contribution < 1.29 is 0 Å². The summed E-state index contributed by atoms with van der Waals surface area (Å²) >= 11 is 0. The van der Waals surface area contributed by atoms with E-state index in [0.29, 0.717) is 17.0 Å². The van der Waals surface area contributed by atoms with Crippen LogP contribution in [0.15, 0.2) is 18.3 Å². The molecule has 0 radical (unpaired) electrons. The number of hydrogen-bond acceptors (Lipinski definition) is 5. The molecule has 0 aliphatic heterocycles. The highest BCUT2D eigenvalue weighted by Crippen LogP contribution is 2.19. The third kappa shape index (κ3) is 1.21. The molecular weight excluding hydrogens is 194 g/mol. The second kappa shape index (κ2) is 2.77. The number of nitrogen functional groups attached to an aromatic ring is 1. The predicted octanol–water partition coefficient (Wildman–Crippen LogP) is 0.325. The van der Waals surface area contributed by atoms with Crippen molar-refractivity contribution >= 4 is 17.0 Å². The largest absolute Gasteiger partial charge is 0.382 e. The summed E-state index contributed by atoms with van der Waals surface area (Å²) in [6.45, 7) is 0. The van der Waals surface area contributed by atoms with Crippen LogP contribution in [0.4, 0.5) is 5.82 Å². The van der Waals surface area contributed by atoms with Gasteiger partial charge in [-0.1, -0.05) is 0 Å². The van der Waals surface area contributed by atoms with Crippen molar-refractivity contribution in [3.05, 3.63) is 18.3 Å². The van der Waals surface area contributed by atoms with Gasteiger partial charge in [-0.25, -0.2) is 4.98 Å². The first-order valence-corrected chi connectivity index (χ1v) is 4.31. The maximum Gasteiger partial charge on any atom is 0.201 e. The van der Waals surface area contributed by atoms with Crippen molar-refractivity contribution in [2.24, 2.45) is 0 Å². The molecule has 0 amide bonds. The molecule has 0 aromatic carbocycles. The minimum Gasteiger partial charge on any atom is -0.382 e. The van der Waals surface area contributed by atoms with Crippen molar-refractivity contribution in [2.75, 3.05) is 5.73 Å². The normalized spacial score (nSPS) is 10.9. The first-order valence-electron chi connectivity index (χ1n) is 4.31. The van der Waals surface area contributed by atoms with Gasteiger partial charge in [0, 0.05) is 17.8 Å². The van der Waals surface area contributed by atoms with Gasteiger partial charge in [-0.3, -0.25) is 5.10 Å². The fourth-order valence-electron chi connectivity index (χ4n) is 1.37. The van der Waals surface area contributed by atoms with E-state index in [1.54, 1.807) is 12.3 Å². The van der Waals surface area contributed by atoms with Gasteiger partial charge in [0.15, 0.2) is 0 Å². The molecule has 0 aliphatic rings. The zero-order chi connectivity index (χ0) is 10.3. The molecule has 3 aromatic heterocycles. The molecule has 0 fully saturated rings. The summed E-state index contributed by atoms with van der Waals surface area (Å²) in [6, 6.07) is 3.60. The number of pyridine rings is 1. The lowest BCUT2D eigenvalue weighted by Gasteiger charge is -1.94. The summed E-state index contributed by atoms with van der Waals surface area (Å²) in [5.41, 5.74) is 8.50.